The van der Waals surface area contributed by atoms with Crippen LogP contribution in [0.3, 0.4) is 0 Å². The van der Waals surface area contributed by atoms with Gasteiger partial charge in [0, 0.05) is 13.0 Å². The number of carbonyl (C=O) groups is 1. The number of rotatable bonds is 5. The van der Waals surface area contributed by atoms with Crippen molar-refractivity contribution >= 4 is 19.8 Å². The smallest absolute Gasteiger partial charge is 0.362 e. The molecule has 12 heteroatoms. The number of nitrogens with zero attached hydrogens (tertiary/aromatic N) is 1. The maximum Gasteiger partial charge on any atom is 0.362 e. The summed E-state index contributed by atoms with van der Waals surface area (Å²) in [5, 5.41) is 8.44. The number of guanidine groups is 1. The SMILES string of the molecule is NC(N)=NCCC[C@H]([NH3+])C(=O)O.O.O=P([O-])(O)O. The number of carboxylic acids is 1. The molecule has 12 N–H and O–H groups in total. The number of aliphatic imine (C=N–C) groups is 1. The van der Waals surface area contributed by atoms with E-state index in [9.17, 15) is 4.79 Å². The highest BCUT2D eigenvalue weighted by atomic mass is 31.2. The highest BCUT2D eigenvalue weighted by molar-refractivity contribution is 7.43. The Hall–Kier alpha value is -1.23. The third-order valence-corrected chi connectivity index (χ3v) is 1.35. The second-order valence-electron chi connectivity index (χ2n) is 2.97. The Kier molecular flexibility index (Phi) is 13.3. The van der Waals surface area contributed by atoms with Gasteiger partial charge < -0.3 is 42.5 Å². The van der Waals surface area contributed by atoms with E-state index in [0.717, 1.165) is 0 Å². The van der Waals surface area contributed by atoms with Crippen LogP contribution in [-0.4, -0.2) is 44.9 Å². The first-order valence-corrected chi connectivity index (χ1v) is 5.95. The largest absolute Gasteiger partial charge is 0.756 e. The average molecular weight is 290 g/mol. The van der Waals surface area contributed by atoms with Crippen molar-refractivity contribution in [3.8, 4) is 0 Å². The lowest BCUT2D eigenvalue weighted by Gasteiger charge is -2.01. The predicted octanol–water partition coefficient (Wildman–Crippen LogP) is -4.65. The normalized spacial score (nSPS) is 11.3. The van der Waals surface area contributed by atoms with Gasteiger partial charge in [0.25, 0.3) is 7.82 Å². The number of nitrogens with two attached hydrogens (primary N) is 2. The molecule has 0 heterocycles. The van der Waals surface area contributed by atoms with Crippen LogP contribution in [0.25, 0.3) is 0 Å². The minimum Gasteiger partial charge on any atom is -0.756 e. The fourth-order valence-corrected chi connectivity index (χ4v) is 0.669. The van der Waals surface area contributed by atoms with Crippen LogP contribution in [0.4, 0.5) is 0 Å². The van der Waals surface area contributed by atoms with Gasteiger partial charge in [-0.25, -0.2) is 4.79 Å². The molecule has 1 atom stereocenters. The van der Waals surface area contributed by atoms with Crippen LogP contribution in [0.1, 0.15) is 12.8 Å². The van der Waals surface area contributed by atoms with E-state index in [1.54, 1.807) is 0 Å². The highest BCUT2D eigenvalue weighted by Gasteiger charge is 2.13. The van der Waals surface area contributed by atoms with E-state index in [-0.39, 0.29) is 11.4 Å². The van der Waals surface area contributed by atoms with Gasteiger partial charge in [0.2, 0.25) is 0 Å². The summed E-state index contributed by atoms with van der Waals surface area (Å²) in [6.07, 6.45) is 1.13. The van der Waals surface area contributed by atoms with Crippen LogP contribution < -0.4 is 22.1 Å². The third kappa shape index (κ3) is 29.3. The van der Waals surface area contributed by atoms with Crippen LogP contribution in [0.5, 0.6) is 0 Å². The summed E-state index contributed by atoms with van der Waals surface area (Å²) >= 11 is 0. The van der Waals surface area contributed by atoms with Crippen LogP contribution in [0.2, 0.25) is 0 Å². The standard InChI is InChI=1S/C6H14N4O2.H3O4P.H2O/c7-4(5(11)12)2-1-3-10-6(8)9;1-5(2,3)4;/h4H,1-3,7H2,(H,11,12)(H4,8,9,10);(H3,1,2,3,4);1H2/t4-;;/m0../s1. The second-order valence-corrected chi connectivity index (χ2v) is 3.96. The Morgan fingerprint density at radius 1 is 1.44 bits per heavy atom. The fraction of sp³-hybridized carbons (Fsp3) is 0.667. The van der Waals surface area contributed by atoms with E-state index in [4.69, 9.17) is 35.8 Å². The van der Waals surface area contributed by atoms with Crippen molar-refractivity contribution < 1.29 is 40.4 Å². The first-order chi connectivity index (χ1) is 7.54. The van der Waals surface area contributed by atoms with Crippen molar-refractivity contribution in [2.24, 2.45) is 16.5 Å². The Balaban J connectivity index is -0.000000321. The first-order valence-electron chi connectivity index (χ1n) is 4.42. The summed E-state index contributed by atoms with van der Waals surface area (Å²) in [6, 6.07) is -0.570. The molecule has 0 amide bonds. The summed E-state index contributed by atoms with van der Waals surface area (Å²) in [4.78, 5) is 36.9. The minimum atomic E-state index is -4.89. The summed E-state index contributed by atoms with van der Waals surface area (Å²) in [6.45, 7) is 0.460. The van der Waals surface area contributed by atoms with Crippen LogP contribution in [0, 0.1) is 0 Å². The molecule has 0 bridgehead atoms. The molecule has 18 heavy (non-hydrogen) atoms. The molecular weight excluding hydrogens is 271 g/mol. The predicted molar refractivity (Wildman–Crippen MR) is 59.9 cm³/mol. The second kappa shape index (κ2) is 10.9. The van der Waals surface area contributed by atoms with E-state index in [2.05, 4.69) is 10.7 Å². The minimum absolute atomic E-state index is 0. The van der Waals surface area contributed by atoms with Crippen LogP contribution >= 0.6 is 7.82 Å². The number of carboxylic acid groups (broad SMARTS) is 1. The summed E-state index contributed by atoms with van der Waals surface area (Å²) in [5.41, 5.74) is 13.6. The number of phosphoric acid groups is 1. The van der Waals surface area contributed by atoms with Gasteiger partial charge >= 0.3 is 5.97 Å². The summed E-state index contributed by atoms with van der Waals surface area (Å²) < 4.78 is 8.77. The van der Waals surface area contributed by atoms with Crippen molar-refractivity contribution in [3.05, 3.63) is 0 Å². The maximum atomic E-state index is 10.3. The molecule has 0 rings (SSSR count). The highest BCUT2D eigenvalue weighted by Crippen LogP contribution is 2.18. The topological polar surface area (TPSA) is 241 Å². The van der Waals surface area contributed by atoms with Gasteiger partial charge in [-0.1, -0.05) is 0 Å². The van der Waals surface area contributed by atoms with E-state index in [1.807, 2.05) is 0 Å². The lowest BCUT2D eigenvalue weighted by molar-refractivity contribution is -0.409. The molecule has 0 aromatic carbocycles. The molecule has 0 aliphatic heterocycles. The Bertz CT molecular complexity index is 292. The first kappa shape index (κ1) is 22.0. The zero-order chi connectivity index (χ0) is 14.1. The fourth-order valence-electron chi connectivity index (χ4n) is 0.669. The van der Waals surface area contributed by atoms with Gasteiger partial charge in [-0.05, 0) is 6.42 Å². The van der Waals surface area contributed by atoms with Crippen molar-refractivity contribution in [2.75, 3.05) is 6.54 Å². The van der Waals surface area contributed by atoms with Crippen molar-refractivity contribution in [2.45, 2.75) is 18.9 Å². The van der Waals surface area contributed by atoms with Gasteiger partial charge in [0.05, 0.1) is 0 Å². The zero-order valence-corrected chi connectivity index (χ0v) is 10.4. The van der Waals surface area contributed by atoms with Gasteiger partial charge in [0.1, 0.15) is 0 Å². The molecular formula is C6H19N4O7P. The van der Waals surface area contributed by atoms with Gasteiger partial charge in [0.15, 0.2) is 12.0 Å². The quantitative estimate of drug-likeness (QED) is 0.124. The van der Waals surface area contributed by atoms with E-state index >= 15 is 0 Å². The van der Waals surface area contributed by atoms with E-state index in [1.165, 1.54) is 0 Å². The number of hydrogen-bond donors (Lipinski definition) is 6. The number of quaternary nitrogens is 1. The molecule has 0 saturated carbocycles. The van der Waals surface area contributed by atoms with Crippen LogP contribution in [-0.2, 0) is 9.36 Å². The molecule has 0 spiro atoms. The molecule has 0 fully saturated rings. The van der Waals surface area contributed by atoms with Crippen molar-refractivity contribution in [1.29, 1.82) is 0 Å². The lowest BCUT2D eigenvalue weighted by atomic mass is 10.2. The molecule has 0 aromatic rings. The van der Waals surface area contributed by atoms with Crippen molar-refractivity contribution in [3.63, 3.8) is 0 Å². The number of hydrogen-bond acceptors (Lipinski definition) is 4. The van der Waals surface area contributed by atoms with Gasteiger partial charge in [-0.2, -0.15) is 0 Å². The molecule has 11 nitrogen and oxygen atoms in total. The third-order valence-electron chi connectivity index (χ3n) is 1.35. The molecule has 0 aromatic heterocycles. The summed E-state index contributed by atoms with van der Waals surface area (Å²) in [7, 11) is -4.89. The molecule has 0 aliphatic carbocycles. The molecule has 0 saturated heterocycles. The number of aliphatic carboxylic acids is 1. The molecule has 0 radical (unpaired) electrons. The Morgan fingerprint density at radius 2 is 1.83 bits per heavy atom. The lowest BCUT2D eigenvalue weighted by Crippen LogP contribution is -2.64. The molecule has 0 aliphatic rings. The van der Waals surface area contributed by atoms with E-state index < -0.39 is 19.8 Å². The molecule has 110 valence electrons. The van der Waals surface area contributed by atoms with Crippen molar-refractivity contribution in [1.82, 2.24) is 0 Å². The zero-order valence-electron chi connectivity index (χ0n) is 9.52. The summed E-state index contributed by atoms with van der Waals surface area (Å²) in [5.74, 6) is -0.856. The van der Waals surface area contributed by atoms with E-state index in [0.29, 0.717) is 19.4 Å². The average Bonchev–Trinajstić information content (AvgIpc) is 2.08. The van der Waals surface area contributed by atoms with Gasteiger partial charge in [-0.15, -0.1) is 0 Å². The molecule has 0 unspecified atom stereocenters. The monoisotopic (exact) mass is 290 g/mol. The Labute approximate surface area is 103 Å². The Morgan fingerprint density at radius 3 is 2.11 bits per heavy atom. The van der Waals surface area contributed by atoms with Gasteiger partial charge in [-0.3, -0.25) is 9.56 Å². The van der Waals surface area contributed by atoms with Crippen LogP contribution in [0.15, 0.2) is 4.99 Å². The maximum absolute atomic E-state index is 10.3.